The van der Waals surface area contributed by atoms with Gasteiger partial charge in [-0.15, -0.1) is 0 Å². The van der Waals surface area contributed by atoms with Crippen molar-refractivity contribution in [1.29, 1.82) is 0 Å². The molecule has 1 rings (SSSR count). The molecule has 1 heterocycles. The summed E-state index contributed by atoms with van der Waals surface area (Å²) in [6.07, 6.45) is 4.42. The Hall–Kier alpha value is -0.530. The highest BCUT2D eigenvalue weighted by Gasteiger charge is 2.39. The second kappa shape index (κ2) is 6.58. The maximum atomic E-state index is 12.8. The van der Waals surface area contributed by atoms with Gasteiger partial charge < -0.3 is 4.90 Å². The monoisotopic (exact) mass is 253 g/mol. The summed E-state index contributed by atoms with van der Waals surface area (Å²) in [7, 11) is 0. The molecule has 0 aromatic carbocycles. The molecule has 0 aromatic rings. The molecular weight excluding hydrogens is 222 g/mol. The molecule has 106 valence electrons. The van der Waals surface area contributed by atoms with Gasteiger partial charge in [0.1, 0.15) is 0 Å². The summed E-state index contributed by atoms with van der Waals surface area (Å²) in [6, 6.07) is 0.897. The predicted molar refractivity (Wildman–Crippen MR) is 77.4 cm³/mol. The minimum Gasteiger partial charge on any atom is -0.337 e. The fraction of sp³-hybridized carbons (Fsp3) is 0.938. The first-order chi connectivity index (χ1) is 8.43. The van der Waals surface area contributed by atoms with Gasteiger partial charge in [-0.25, -0.2) is 0 Å². The quantitative estimate of drug-likeness (QED) is 0.722. The van der Waals surface area contributed by atoms with Crippen molar-refractivity contribution >= 4 is 5.91 Å². The molecular formula is C16H31NO. The minimum atomic E-state index is 0.219. The Bertz CT molecular complexity index is 274. The lowest BCUT2D eigenvalue weighted by atomic mass is 9.87. The Morgan fingerprint density at radius 1 is 1.17 bits per heavy atom. The third-order valence-corrected chi connectivity index (χ3v) is 4.82. The van der Waals surface area contributed by atoms with Crippen LogP contribution in [0.4, 0.5) is 0 Å². The second-order valence-corrected chi connectivity index (χ2v) is 6.38. The molecule has 0 spiro atoms. The Morgan fingerprint density at radius 3 is 2.22 bits per heavy atom. The van der Waals surface area contributed by atoms with Gasteiger partial charge >= 0.3 is 0 Å². The summed E-state index contributed by atoms with van der Waals surface area (Å²) in [6.45, 7) is 13.3. The lowest BCUT2D eigenvalue weighted by Gasteiger charge is -2.35. The summed E-state index contributed by atoms with van der Waals surface area (Å²) in [4.78, 5) is 15.0. The van der Waals surface area contributed by atoms with Gasteiger partial charge in [-0.3, -0.25) is 4.79 Å². The number of hydrogen-bond acceptors (Lipinski definition) is 1. The molecule has 0 bridgehead atoms. The zero-order valence-electron chi connectivity index (χ0n) is 13.1. The first-order valence-corrected chi connectivity index (χ1v) is 7.76. The molecule has 1 aliphatic heterocycles. The molecule has 1 aliphatic rings. The van der Waals surface area contributed by atoms with E-state index in [1.54, 1.807) is 0 Å². The van der Waals surface area contributed by atoms with Crippen LogP contribution in [-0.4, -0.2) is 22.9 Å². The number of hydrogen-bond donors (Lipinski definition) is 0. The molecule has 1 fully saturated rings. The fourth-order valence-corrected chi connectivity index (χ4v) is 3.35. The van der Waals surface area contributed by atoms with Crippen LogP contribution in [0.1, 0.15) is 67.2 Å². The van der Waals surface area contributed by atoms with Gasteiger partial charge in [0.25, 0.3) is 0 Å². The average Bonchev–Trinajstić information content (AvgIpc) is 2.71. The summed E-state index contributed by atoms with van der Waals surface area (Å²) < 4.78 is 0. The van der Waals surface area contributed by atoms with Crippen LogP contribution < -0.4 is 0 Å². The van der Waals surface area contributed by atoms with Crippen molar-refractivity contribution in [3.63, 3.8) is 0 Å². The highest BCUT2D eigenvalue weighted by molar-refractivity contribution is 5.80. The first-order valence-electron chi connectivity index (χ1n) is 7.76. The highest BCUT2D eigenvalue weighted by atomic mass is 16.2. The topological polar surface area (TPSA) is 20.3 Å². The molecule has 2 heteroatoms. The largest absolute Gasteiger partial charge is 0.337 e. The third-order valence-electron chi connectivity index (χ3n) is 4.82. The van der Waals surface area contributed by atoms with Gasteiger partial charge in [0.2, 0.25) is 5.91 Å². The molecule has 0 aromatic heterocycles. The zero-order chi connectivity index (χ0) is 13.9. The van der Waals surface area contributed by atoms with E-state index in [1.807, 2.05) is 0 Å². The minimum absolute atomic E-state index is 0.219. The Balaban J connectivity index is 2.85. The molecule has 2 unspecified atom stereocenters. The zero-order valence-corrected chi connectivity index (χ0v) is 13.1. The lowest BCUT2D eigenvalue weighted by molar-refractivity contribution is -0.141. The van der Waals surface area contributed by atoms with Crippen molar-refractivity contribution in [3.05, 3.63) is 0 Å². The Kier molecular flexibility index (Phi) is 5.68. The van der Waals surface area contributed by atoms with E-state index in [0.29, 0.717) is 29.8 Å². The van der Waals surface area contributed by atoms with Gasteiger partial charge in [0.05, 0.1) is 0 Å². The highest BCUT2D eigenvalue weighted by Crippen LogP contribution is 2.33. The van der Waals surface area contributed by atoms with E-state index in [9.17, 15) is 4.79 Å². The first kappa shape index (κ1) is 15.5. The molecule has 1 amide bonds. The maximum Gasteiger partial charge on any atom is 0.226 e. The number of carbonyl (C=O) groups excluding carboxylic acids is 1. The number of carbonyl (C=O) groups is 1. The van der Waals surface area contributed by atoms with Crippen LogP contribution in [0.3, 0.4) is 0 Å². The second-order valence-electron chi connectivity index (χ2n) is 6.38. The standard InChI is InChI=1S/C16H31NO/c1-7-12(5)14(8-2)16(18)17-13(6)9-10-15(17)11(3)4/h11-15H,7-10H2,1-6H3/t12?,13?,14-,15-/m0/s1. The van der Waals surface area contributed by atoms with Crippen LogP contribution in [0.5, 0.6) is 0 Å². The number of likely N-dealkylation sites (tertiary alicyclic amines) is 1. The lowest BCUT2D eigenvalue weighted by Crippen LogP contribution is -2.46. The molecule has 0 saturated carbocycles. The normalized spacial score (nSPS) is 27.6. The fourth-order valence-electron chi connectivity index (χ4n) is 3.35. The predicted octanol–water partition coefficient (Wildman–Crippen LogP) is 4.09. The SMILES string of the molecule is CCC(C)[C@H](CC)C(=O)N1C(C)CC[C@H]1C(C)C. The smallest absolute Gasteiger partial charge is 0.226 e. The summed E-state index contributed by atoms with van der Waals surface area (Å²) in [5.74, 6) is 1.71. The van der Waals surface area contributed by atoms with E-state index >= 15 is 0 Å². The van der Waals surface area contributed by atoms with E-state index in [4.69, 9.17) is 0 Å². The van der Waals surface area contributed by atoms with Crippen LogP contribution >= 0.6 is 0 Å². The average molecular weight is 253 g/mol. The molecule has 2 nitrogen and oxygen atoms in total. The van der Waals surface area contributed by atoms with Crippen molar-refractivity contribution in [3.8, 4) is 0 Å². The third kappa shape index (κ3) is 3.07. The van der Waals surface area contributed by atoms with E-state index in [2.05, 4.69) is 46.4 Å². The van der Waals surface area contributed by atoms with Gasteiger partial charge in [0, 0.05) is 18.0 Å². The van der Waals surface area contributed by atoms with E-state index < -0.39 is 0 Å². The van der Waals surface area contributed by atoms with Gasteiger partial charge in [-0.2, -0.15) is 0 Å². The van der Waals surface area contributed by atoms with Crippen molar-refractivity contribution in [2.75, 3.05) is 0 Å². The number of amides is 1. The van der Waals surface area contributed by atoms with Crippen LogP contribution in [0.15, 0.2) is 0 Å². The van der Waals surface area contributed by atoms with Crippen LogP contribution in [-0.2, 0) is 4.79 Å². The van der Waals surface area contributed by atoms with Gasteiger partial charge in [0.15, 0.2) is 0 Å². The number of nitrogens with zero attached hydrogens (tertiary/aromatic N) is 1. The molecule has 1 saturated heterocycles. The number of rotatable bonds is 5. The van der Waals surface area contributed by atoms with Crippen LogP contribution in [0.2, 0.25) is 0 Å². The molecule has 0 N–H and O–H groups in total. The van der Waals surface area contributed by atoms with Gasteiger partial charge in [-0.1, -0.05) is 41.0 Å². The molecule has 0 aliphatic carbocycles. The molecule has 18 heavy (non-hydrogen) atoms. The van der Waals surface area contributed by atoms with E-state index in [1.165, 1.54) is 12.8 Å². The van der Waals surface area contributed by atoms with Crippen molar-refractivity contribution in [2.45, 2.75) is 79.3 Å². The molecule has 4 atom stereocenters. The summed E-state index contributed by atoms with van der Waals surface area (Å²) in [5, 5.41) is 0. The van der Waals surface area contributed by atoms with E-state index in [0.717, 1.165) is 12.8 Å². The van der Waals surface area contributed by atoms with Crippen molar-refractivity contribution in [1.82, 2.24) is 4.90 Å². The van der Waals surface area contributed by atoms with Crippen LogP contribution in [0.25, 0.3) is 0 Å². The summed E-state index contributed by atoms with van der Waals surface area (Å²) in [5.41, 5.74) is 0. The Labute approximate surface area is 113 Å². The van der Waals surface area contributed by atoms with Gasteiger partial charge in [-0.05, 0) is 38.0 Å². The van der Waals surface area contributed by atoms with E-state index in [-0.39, 0.29) is 5.92 Å². The maximum absolute atomic E-state index is 12.8. The van der Waals surface area contributed by atoms with Crippen LogP contribution in [0, 0.1) is 17.8 Å². The summed E-state index contributed by atoms with van der Waals surface area (Å²) >= 11 is 0. The Morgan fingerprint density at radius 2 is 1.78 bits per heavy atom. The van der Waals surface area contributed by atoms with Crippen molar-refractivity contribution < 1.29 is 4.79 Å². The van der Waals surface area contributed by atoms with Crippen molar-refractivity contribution in [2.24, 2.45) is 17.8 Å². The molecule has 0 radical (unpaired) electrons.